The quantitative estimate of drug-likeness (QED) is 0.918. The number of hydrogen-bond donors (Lipinski definition) is 1. The van der Waals surface area contributed by atoms with Gasteiger partial charge in [-0.3, -0.25) is 4.98 Å². The minimum atomic E-state index is -0.876. The molecule has 1 heterocycles. The van der Waals surface area contributed by atoms with Gasteiger partial charge >= 0.3 is 0 Å². The molecule has 1 unspecified atom stereocenters. The number of benzene rings is 1. The van der Waals surface area contributed by atoms with Gasteiger partial charge in [-0.15, -0.1) is 0 Å². The molecular formula is C12H9BrFNO. The summed E-state index contributed by atoms with van der Waals surface area (Å²) in [5.41, 5.74) is 1.13. The molecule has 1 aromatic heterocycles. The van der Waals surface area contributed by atoms with Gasteiger partial charge in [0.05, 0.1) is 0 Å². The molecule has 2 nitrogen and oxygen atoms in total. The fourth-order valence-corrected chi connectivity index (χ4v) is 1.90. The number of hydrogen-bond acceptors (Lipinski definition) is 2. The van der Waals surface area contributed by atoms with Gasteiger partial charge in [-0.2, -0.15) is 0 Å². The summed E-state index contributed by atoms with van der Waals surface area (Å²) in [6.07, 6.45) is 2.30. The van der Waals surface area contributed by atoms with Crippen LogP contribution in [0.5, 0.6) is 0 Å². The van der Waals surface area contributed by atoms with E-state index in [1.165, 1.54) is 12.1 Å². The molecule has 0 aliphatic rings. The second kappa shape index (κ2) is 4.72. The van der Waals surface area contributed by atoms with E-state index in [0.717, 1.165) is 0 Å². The zero-order chi connectivity index (χ0) is 11.5. The first-order valence-electron chi connectivity index (χ1n) is 4.71. The van der Waals surface area contributed by atoms with Gasteiger partial charge < -0.3 is 5.11 Å². The fraction of sp³-hybridized carbons (Fsp3) is 0.0833. The third-order valence-electron chi connectivity index (χ3n) is 2.25. The summed E-state index contributed by atoms with van der Waals surface area (Å²) in [6, 6.07) is 7.69. The van der Waals surface area contributed by atoms with Gasteiger partial charge in [0, 0.05) is 28.0 Å². The Bertz CT molecular complexity index is 490. The lowest BCUT2D eigenvalue weighted by Crippen LogP contribution is -2.01. The Hall–Kier alpha value is -1.26. The molecule has 2 rings (SSSR count). The average Bonchev–Trinajstić information content (AvgIpc) is 2.32. The second-order valence-corrected chi connectivity index (χ2v) is 4.21. The molecule has 0 fully saturated rings. The first-order valence-corrected chi connectivity index (χ1v) is 5.50. The lowest BCUT2D eigenvalue weighted by Gasteiger charge is -2.12. The Balaban J connectivity index is 2.41. The minimum absolute atomic E-state index is 0.374. The second-order valence-electron chi connectivity index (χ2n) is 3.35. The van der Waals surface area contributed by atoms with E-state index in [1.54, 1.807) is 30.6 Å². The van der Waals surface area contributed by atoms with Crippen LogP contribution in [0.15, 0.2) is 47.2 Å². The fourth-order valence-electron chi connectivity index (χ4n) is 1.44. The number of nitrogens with zero attached hydrogens (tertiary/aromatic N) is 1. The first kappa shape index (κ1) is 11.2. The maximum absolute atomic E-state index is 13.1. The van der Waals surface area contributed by atoms with Gasteiger partial charge in [0.1, 0.15) is 11.9 Å². The zero-order valence-corrected chi connectivity index (χ0v) is 9.86. The Kier molecular flexibility index (Phi) is 3.31. The SMILES string of the molecule is OC(c1cccnc1)c1cc(F)ccc1Br. The van der Waals surface area contributed by atoms with Crippen LogP contribution in [0.4, 0.5) is 4.39 Å². The predicted molar refractivity (Wildman–Crippen MR) is 62.4 cm³/mol. The van der Waals surface area contributed by atoms with Crippen molar-refractivity contribution in [3.63, 3.8) is 0 Å². The Labute approximate surface area is 101 Å². The molecule has 4 heteroatoms. The van der Waals surface area contributed by atoms with Crippen molar-refractivity contribution in [1.29, 1.82) is 0 Å². The van der Waals surface area contributed by atoms with E-state index >= 15 is 0 Å². The van der Waals surface area contributed by atoms with E-state index in [9.17, 15) is 9.50 Å². The van der Waals surface area contributed by atoms with Crippen LogP contribution in [-0.2, 0) is 0 Å². The zero-order valence-electron chi connectivity index (χ0n) is 8.27. The summed E-state index contributed by atoms with van der Waals surface area (Å²) < 4.78 is 13.7. The number of rotatable bonds is 2. The largest absolute Gasteiger partial charge is 0.384 e. The predicted octanol–water partition coefficient (Wildman–Crippen LogP) is 3.06. The van der Waals surface area contributed by atoms with E-state index in [4.69, 9.17) is 0 Å². The van der Waals surface area contributed by atoms with E-state index in [1.807, 2.05) is 0 Å². The molecule has 0 saturated carbocycles. The summed E-state index contributed by atoms with van der Waals surface area (Å²) in [4.78, 5) is 3.91. The number of aromatic nitrogens is 1. The molecule has 1 aromatic carbocycles. The maximum Gasteiger partial charge on any atom is 0.123 e. The minimum Gasteiger partial charge on any atom is -0.384 e. The molecule has 1 N–H and O–H groups in total. The van der Waals surface area contributed by atoms with E-state index in [-0.39, 0.29) is 5.82 Å². The van der Waals surface area contributed by atoms with Gasteiger partial charge in [0.25, 0.3) is 0 Å². The van der Waals surface area contributed by atoms with Crippen molar-refractivity contribution in [2.24, 2.45) is 0 Å². The van der Waals surface area contributed by atoms with Gasteiger partial charge in [-0.05, 0) is 24.3 Å². The number of aliphatic hydroxyl groups excluding tert-OH is 1. The molecule has 1 atom stereocenters. The van der Waals surface area contributed by atoms with Crippen LogP contribution in [0.3, 0.4) is 0 Å². The standard InChI is InChI=1S/C12H9BrFNO/c13-11-4-3-9(14)6-10(11)12(16)8-2-1-5-15-7-8/h1-7,12,16H. The molecule has 0 bridgehead atoms. The summed E-state index contributed by atoms with van der Waals surface area (Å²) in [5, 5.41) is 10.1. The monoisotopic (exact) mass is 281 g/mol. The van der Waals surface area contributed by atoms with E-state index in [2.05, 4.69) is 20.9 Å². The lowest BCUT2D eigenvalue weighted by molar-refractivity contribution is 0.218. The highest BCUT2D eigenvalue weighted by Gasteiger charge is 2.14. The highest BCUT2D eigenvalue weighted by atomic mass is 79.9. The van der Waals surface area contributed by atoms with Gasteiger partial charge in [-0.1, -0.05) is 22.0 Å². The van der Waals surface area contributed by atoms with Crippen molar-refractivity contribution >= 4 is 15.9 Å². The Morgan fingerprint density at radius 3 is 2.81 bits per heavy atom. The smallest absolute Gasteiger partial charge is 0.123 e. The van der Waals surface area contributed by atoms with Crippen LogP contribution >= 0.6 is 15.9 Å². The first-order chi connectivity index (χ1) is 7.68. The van der Waals surface area contributed by atoms with Crippen LogP contribution in [0.1, 0.15) is 17.2 Å². The van der Waals surface area contributed by atoms with Gasteiger partial charge in [0.15, 0.2) is 0 Å². The normalized spacial score (nSPS) is 12.4. The number of pyridine rings is 1. The molecule has 0 spiro atoms. The van der Waals surface area contributed by atoms with Crippen molar-refractivity contribution in [2.45, 2.75) is 6.10 Å². The van der Waals surface area contributed by atoms with E-state index < -0.39 is 6.10 Å². The topological polar surface area (TPSA) is 33.1 Å². The lowest BCUT2D eigenvalue weighted by atomic mass is 10.0. The van der Waals surface area contributed by atoms with Crippen molar-refractivity contribution < 1.29 is 9.50 Å². The molecule has 0 aliphatic heterocycles. The average molecular weight is 282 g/mol. The molecule has 82 valence electrons. The number of halogens is 2. The summed E-state index contributed by atoms with van der Waals surface area (Å²) in [5.74, 6) is -0.374. The summed E-state index contributed by atoms with van der Waals surface area (Å²) in [6.45, 7) is 0. The highest BCUT2D eigenvalue weighted by molar-refractivity contribution is 9.10. The van der Waals surface area contributed by atoms with Crippen LogP contribution in [-0.4, -0.2) is 10.1 Å². The Morgan fingerprint density at radius 2 is 2.12 bits per heavy atom. The van der Waals surface area contributed by atoms with Gasteiger partial charge in [0.2, 0.25) is 0 Å². The third-order valence-corrected chi connectivity index (χ3v) is 2.97. The molecule has 0 aliphatic carbocycles. The van der Waals surface area contributed by atoms with Crippen LogP contribution in [0.2, 0.25) is 0 Å². The number of aliphatic hydroxyl groups is 1. The summed E-state index contributed by atoms with van der Waals surface area (Å²) >= 11 is 3.28. The molecule has 0 amide bonds. The van der Waals surface area contributed by atoms with Crippen LogP contribution in [0.25, 0.3) is 0 Å². The van der Waals surface area contributed by atoms with Crippen LogP contribution < -0.4 is 0 Å². The van der Waals surface area contributed by atoms with Crippen molar-refractivity contribution in [3.8, 4) is 0 Å². The Morgan fingerprint density at radius 1 is 1.31 bits per heavy atom. The van der Waals surface area contributed by atoms with Crippen molar-refractivity contribution in [1.82, 2.24) is 4.98 Å². The molecule has 0 saturated heterocycles. The third kappa shape index (κ3) is 2.28. The van der Waals surface area contributed by atoms with Crippen LogP contribution in [0, 0.1) is 5.82 Å². The molecule has 16 heavy (non-hydrogen) atoms. The molecular weight excluding hydrogens is 273 g/mol. The molecule has 2 aromatic rings. The molecule has 0 radical (unpaired) electrons. The van der Waals surface area contributed by atoms with Gasteiger partial charge in [-0.25, -0.2) is 4.39 Å². The maximum atomic E-state index is 13.1. The van der Waals surface area contributed by atoms with Crippen molar-refractivity contribution in [2.75, 3.05) is 0 Å². The highest BCUT2D eigenvalue weighted by Crippen LogP contribution is 2.28. The van der Waals surface area contributed by atoms with E-state index in [0.29, 0.717) is 15.6 Å². The van der Waals surface area contributed by atoms with Crippen molar-refractivity contribution in [3.05, 3.63) is 64.1 Å². The summed E-state index contributed by atoms with van der Waals surface area (Å²) in [7, 11) is 0.